The van der Waals surface area contributed by atoms with Crippen LogP contribution in [0.2, 0.25) is 0 Å². The molecule has 0 amide bonds. The fourth-order valence-corrected chi connectivity index (χ4v) is 3.67. The van der Waals surface area contributed by atoms with Gasteiger partial charge in [-0.05, 0) is 29.0 Å². The number of halogens is 1. The van der Waals surface area contributed by atoms with Crippen LogP contribution in [0.25, 0.3) is 0 Å². The van der Waals surface area contributed by atoms with Crippen molar-refractivity contribution in [2.24, 2.45) is 10.9 Å². The van der Waals surface area contributed by atoms with Crippen molar-refractivity contribution < 1.29 is 0 Å². The Bertz CT molecular complexity index is 654. The van der Waals surface area contributed by atoms with E-state index in [1.54, 1.807) is 11.3 Å². The van der Waals surface area contributed by atoms with Crippen molar-refractivity contribution in [1.29, 1.82) is 0 Å². The van der Waals surface area contributed by atoms with Gasteiger partial charge in [0.15, 0.2) is 5.96 Å². The van der Waals surface area contributed by atoms with Crippen LogP contribution >= 0.6 is 35.3 Å². The van der Waals surface area contributed by atoms with Gasteiger partial charge in [0.05, 0.1) is 0 Å². The lowest BCUT2D eigenvalue weighted by Gasteiger charge is -2.26. The zero-order valence-corrected chi connectivity index (χ0v) is 19.5. The smallest absolute Gasteiger partial charge is 0.191 e. The molecule has 0 radical (unpaired) electrons. The van der Waals surface area contributed by atoms with Crippen LogP contribution in [0.4, 0.5) is 0 Å². The number of hydrogen-bond acceptors (Lipinski definition) is 3. The number of pyridine rings is 1. The molecule has 0 aromatic carbocycles. The zero-order chi connectivity index (χ0) is 18.3. The minimum atomic E-state index is 0. The molecule has 0 aliphatic rings. The van der Waals surface area contributed by atoms with E-state index in [0.29, 0.717) is 11.8 Å². The first-order valence-corrected chi connectivity index (χ1v) is 9.70. The summed E-state index contributed by atoms with van der Waals surface area (Å²) in [4.78, 5) is 10.0. The Morgan fingerprint density at radius 1 is 1.23 bits per heavy atom. The van der Waals surface area contributed by atoms with Crippen molar-refractivity contribution in [3.63, 3.8) is 0 Å². The molecule has 2 rings (SSSR count). The summed E-state index contributed by atoms with van der Waals surface area (Å²) in [6.45, 7) is 10.7. The highest BCUT2D eigenvalue weighted by atomic mass is 127. The number of rotatable bonds is 7. The van der Waals surface area contributed by atoms with Crippen molar-refractivity contribution in [3.05, 3.63) is 52.5 Å². The number of aliphatic imine (C=N–C) groups is 1. The molecule has 6 heteroatoms. The van der Waals surface area contributed by atoms with Crippen molar-refractivity contribution in [1.82, 2.24) is 15.6 Å². The highest BCUT2D eigenvalue weighted by Crippen LogP contribution is 2.26. The summed E-state index contributed by atoms with van der Waals surface area (Å²) in [6.07, 6.45) is 3.78. The second-order valence-corrected chi connectivity index (χ2v) is 8.25. The van der Waals surface area contributed by atoms with Gasteiger partial charge in [0.1, 0.15) is 0 Å². The molecular formula is C20H31IN4S. The lowest BCUT2D eigenvalue weighted by atomic mass is 9.89. The topological polar surface area (TPSA) is 49.3 Å². The van der Waals surface area contributed by atoms with Crippen molar-refractivity contribution in [2.75, 3.05) is 20.1 Å². The van der Waals surface area contributed by atoms with E-state index < -0.39 is 0 Å². The minimum absolute atomic E-state index is 0. The van der Waals surface area contributed by atoms with Gasteiger partial charge in [-0.15, -0.1) is 35.3 Å². The fourth-order valence-electron chi connectivity index (χ4n) is 2.82. The third-order valence-electron chi connectivity index (χ3n) is 4.52. The Balaban J connectivity index is 0.00000338. The number of nitrogens with zero attached hydrogens (tertiary/aromatic N) is 2. The number of nitrogens with one attached hydrogen (secondary N) is 2. The van der Waals surface area contributed by atoms with Crippen LogP contribution in [0.1, 0.15) is 44.1 Å². The van der Waals surface area contributed by atoms with Gasteiger partial charge in [0.2, 0.25) is 0 Å². The van der Waals surface area contributed by atoms with E-state index in [9.17, 15) is 0 Å². The molecule has 0 fully saturated rings. The van der Waals surface area contributed by atoms with Gasteiger partial charge in [0.25, 0.3) is 0 Å². The summed E-state index contributed by atoms with van der Waals surface area (Å²) < 4.78 is 0. The molecular weight excluding hydrogens is 455 g/mol. The van der Waals surface area contributed by atoms with Crippen LogP contribution in [0, 0.1) is 5.92 Å². The monoisotopic (exact) mass is 486 g/mol. The second kappa shape index (κ2) is 10.9. The molecule has 0 aliphatic heterocycles. The number of aromatic nitrogens is 1. The van der Waals surface area contributed by atoms with Gasteiger partial charge in [-0.25, -0.2) is 0 Å². The Morgan fingerprint density at radius 2 is 2.00 bits per heavy atom. The van der Waals surface area contributed by atoms with Crippen molar-refractivity contribution >= 4 is 41.3 Å². The predicted octanol–water partition coefficient (Wildman–Crippen LogP) is 4.64. The standard InChI is InChI=1S/C20H30N4S.HI/c1-15(2)17(16-8-6-10-22-12-16)13-23-19(21-5)24-14-20(3,4)18-9-7-11-25-18;/h6-12,15,17H,13-14H2,1-5H3,(H2,21,23,24);1H. The van der Waals surface area contributed by atoms with Crippen LogP contribution in [-0.2, 0) is 5.41 Å². The molecule has 2 aromatic heterocycles. The van der Waals surface area contributed by atoms with Crippen LogP contribution in [0.3, 0.4) is 0 Å². The molecule has 144 valence electrons. The molecule has 2 N–H and O–H groups in total. The Morgan fingerprint density at radius 3 is 2.54 bits per heavy atom. The highest BCUT2D eigenvalue weighted by Gasteiger charge is 2.22. The van der Waals surface area contributed by atoms with Gasteiger partial charge >= 0.3 is 0 Å². The summed E-state index contributed by atoms with van der Waals surface area (Å²) in [5, 5.41) is 9.09. The average Bonchev–Trinajstić information content (AvgIpc) is 3.14. The first-order chi connectivity index (χ1) is 11.9. The molecule has 0 aliphatic carbocycles. The Labute approximate surface area is 179 Å². The summed E-state index contributed by atoms with van der Waals surface area (Å²) in [6, 6.07) is 8.45. The second-order valence-electron chi connectivity index (χ2n) is 7.30. The van der Waals surface area contributed by atoms with Gasteiger partial charge in [-0.1, -0.05) is 39.8 Å². The summed E-state index contributed by atoms with van der Waals surface area (Å²) in [5.74, 6) is 1.77. The molecule has 2 aromatic rings. The van der Waals surface area contributed by atoms with Crippen LogP contribution < -0.4 is 10.6 Å². The van der Waals surface area contributed by atoms with E-state index >= 15 is 0 Å². The lowest BCUT2D eigenvalue weighted by Crippen LogP contribution is -2.44. The van der Waals surface area contributed by atoms with Crippen molar-refractivity contribution in [3.8, 4) is 0 Å². The van der Waals surface area contributed by atoms with E-state index in [2.05, 4.69) is 71.9 Å². The summed E-state index contributed by atoms with van der Waals surface area (Å²) in [7, 11) is 1.82. The van der Waals surface area contributed by atoms with Gasteiger partial charge in [-0.3, -0.25) is 9.98 Å². The van der Waals surface area contributed by atoms with E-state index in [-0.39, 0.29) is 29.4 Å². The van der Waals surface area contributed by atoms with Crippen molar-refractivity contribution in [2.45, 2.75) is 39.0 Å². The van der Waals surface area contributed by atoms with E-state index in [0.717, 1.165) is 19.0 Å². The maximum absolute atomic E-state index is 4.38. The van der Waals surface area contributed by atoms with Crippen LogP contribution in [0.15, 0.2) is 47.0 Å². The first-order valence-electron chi connectivity index (χ1n) is 8.82. The molecule has 0 saturated carbocycles. The molecule has 26 heavy (non-hydrogen) atoms. The number of thiophene rings is 1. The van der Waals surface area contributed by atoms with Crippen LogP contribution in [-0.4, -0.2) is 31.1 Å². The van der Waals surface area contributed by atoms with E-state index in [1.807, 2.05) is 25.5 Å². The maximum atomic E-state index is 4.38. The first kappa shape index (κ1) is 22.9. The molecule has 0 spiro atoms. The molecule has 2 heterocycles. The van der Waals surface area contributed by atoms with Crippen LogP contribution in [0.5, 0.6) is 0 Å². The summed E-state index contributed by atoms with van der Waals surface area (Å²) in [5.41, 5.74) is 1.34. The minimum Gasteiger partial charge on any atom is -0.356 e. The third-order valence-corrected chi connectivity index (χ3v) is 5.75. The molecule has 4 nitrogen and oxygen atoms in total. The maximum Gasteiger partial charge on any atom is 0.191 e. The zero-order valence-electron chi connectivity index (χ0n) is 16.3. The van der Waals surface area contributed by atoms with Gasteiger partial charge in [-0.2, -0.15) is 0 Å². The number of hydrogen-bond donors (Lipinski definition) is 2. The highest BCUT2D eigenvalue weighted by molar-refractivity contribution is 14.0. The van der Waals surface area contributed by atoms with Gasteiger partial charge < -0.3 is 10.6 Å². The van der Waals surface area contributed by atoms with E-state index in [4.69, 9.17) is 0 Å². The Kier molecular flexibility index (Phi) is 9.57. The molecule has 1 unspecified atom stereocenters. The average molecular weight is 486 g/mol. The Hall–Kier alpha value is -1.15. The molecule has 0 bridgehead atoms. The molecule has 1 atom stereocenters. The number of guanidine groups is 1. The lowest BCUT2D eigenvalue weighted by molar-refractivity contribution is 0.480. The molecule has 0 saturated heterocycles. The SMILES string of the molecule is CN=C(NCC(c1cccnc1)C(C)C)NCC(C)(C)c1cccs1.I. The fraction of sp³-hybridized carbons (Fsp3) is 0.500. The van der Waals surface area contributed by atoms with E-state index in [1.165, 1.54) is 10.4 Å². The quantitative estimate of drug-likeness (QED) is 0.341. The van der Waals surface area contributed by atoms with Gasteiger partial charge in [0, 0.05) is 48.7 Å². The predicted molar refractivity (Wildman–Crippen MR) is 124 cm³/mol. The summed E-state index contributed by atoms with van der Waals surface area (Å²) >= 11 is 1.80. The normalized spacial score (nSPS) is 13.2. The third kappa shape index (κ3) is 6.54. The largest absolute Gasteiger partial charge is 0.356 e.